The highest BCUT2D eigenvalue weighted by molar-refractivity contribution is 6.30. The van der Waals surface area contributed by atoms with Gasteiger partial charge < -0.3 is 10.1 Å². The van der Waals surface area contributed by atoms with Crippen LogP contribution in [-0.2, 0) is 4.79 Å². The van der Waals surface area contributed by atoms with Gasteiger partial charge in [-0.25, -0.2) is 0 Å². The van der Waals surface area contributed by atoms with Crippen molar-refractivity contribution in [2.24, 2.45) is 0 Å². The number of anilines is 1. The van der Waals surface area contributed by atoms with Crippen molar-refractivity contribution in [2.45, 2.75) is 20.8 Å². The lowest BCUT2D eigenvalue weighted by Crippen LogP contribution is -2.21. The number of benzene rings is 3. The second-order valence-corrected chi connectivity index (χ2v) is 7.59. The fraction of sp³-hybridized carbons (Fsp3) is 0.174. The van der Waals surface area contributed by atoms with Gasteiger partial charge in [-0.3, -0.25) is 4.79 Å². The van der Waals surface area contributed by atoms with Crippen molar-refractivity contribution in [3.63, 3.8) is 0 Å². The number of nitrogens with zero attached hydrogens (tertiary/aromatic N) is 3. The van der Waals surface area contributed by atoms with Gasteiger partial charge in [-0.15, -0.1) is 10.2 Å². The number of carbonyl (C=O) groups excluding carboxylic acids is 1. The lowest BCUT2D eigenvalue weighted by molar-refractivity contribution is -0.118. The van der Waals surface area contributed by atoms with Crippen molar-refractivity contribution >= 4 is 34.2 Å². The molecule has 0 saturated carbocycles. The van der Waals surface area contributed by atoms with Gasteiger partial charge in [0.05, 0.1) is 5.69 Å². The molecule has 4 rings (SSSR count). The first kappa shape index (κ1) is 19.9. The van der Waals surface area contributed by atoms with Crippen LogP contribution in [0.4, 0.5) is 5.69 Å². The first-order chi connectivity index (χ1) is 14.4. The number of ether oxygens (including phenoxy) is 1. The van der Waals surface area contributed by atoms with Crippen LogP contribution < -0.4 is 10.1 Å². The highest BCUT2D eigenvalue weighted by Crippen LogP contribution is 2.23. The maximum absolute atomic E-state index is 12.4. The predicted molar refractivity (Wildman–Crippen MR) is 119 cm³/mol. The summed E-state index contributed by atoms with van der Waals surface area (Å²) in [6.07, 6.45) is 0. The first-order valence-electron chi connectivity index (χ1n) is 9.53. The molecule has 0 aliphatic rings. The highest BCUT2D eigenvalue weighted by atomic mass is 35.5. The normalized spacial score (nSPS) is 10.9. The third kappa shape index (κ3) is 4.14. The van der Waals surface area contributed by atoms with Crippen LogP contribution in [0.25, 0.3) is 16.7 Å². The molecule has 0 bridgehead atoms. The number of aromatic nitrogens is 3. The molecule has 0 fully saturated rings. The zero-order chi connectivity index (χ0) is 21.3. The van der Waals surface area contributed by atoms with Crippen LogP contribution in [-0.4, -0.2) is 27.5 Å². The summed E-state index contributed by atoms with van der Waals surface area (Å²) in [6, 6.07) is 16.8. The van der Waals surface area contributed by atoms with Crippen LogP contribution in [0.2, 0.25) is 5.02 Å². The molecule has 1 aromatic heterocycles. The van der Waals surface area contributed by atoms with Crippen LogP contribution >= 0.6 is 11.6 Å². The number of carbonyl (C=O) groups is 1. The molecule has 4 aromatic rings. The largest absolute Gasteiger partial charge is 0.483 e. The topological polar surface area (TPSA) is 69.0 Å². The van der Waals surface area contributed by atoms with Gasteiger partial charge in [0.15, 0.2) is 6.61 Å². The Morgan fingerprint density at radius 1 is 1.00 bits per heavy atom. The van der Waals surface area contributed by atoms with E-state index in [0.29, 0.717) is 22.0 Å². The Morgan fingerprint density at radius 2 is 1.70 bits per heavy atom. The number of hydrogen-bond acceptors (Lipinski definition) is 4. The second-order valence-electron chi connectivity index (χ2n) is 7.16. The maximum atomic E-state index is 12.4. The van der Waals surface area contributed by atoms with Crippen molar-refractivity contribution in [1.29, 1.82) is 0 Å². The molecule has 3 aromatic carbocycles. The van der Waals surface area contributed by atoms with Crippen LogP contribution in [0.5, 0.6) is 5.75 Å². The van der Waals surface area contributed by atoms with E-state index < -0.39 is 0 Å². The monoisotopic (exact) mass is 420 g/mol. The van der Waals surface area contributed by atoms with E-state index in [1.54, 1.807) is 16.9 Å². The summed E-state index contributed by atoms with van der Waals surface area (Å²) in [5.74, 6) is 0.478. The molecule has 0 aliphatic heterocycles. The smallest absolute Gasteiger partial charge is 0.262 e. The van der Waals surface area contributed by atoms with Gasteiger partial charge in [0, 0.05) is 10.7 Å². The molecule has 0 radical (unpaired) electrons. The molecule has 6 nitrogen and oxygen atoms in total. The third-order valence-electron chi connectivity index (χ3n) is 4.97. The lowest BCUT2D eigenvalue weighted by Gasteiger charge is -2.12. The molecular weight excluding hydrogens is 400 g/mol. The first-order valence-corrected chi connectivity index (χ1v) is 9.91. The average molecular weight is 421 g/mol. The molecule has 30 heavy (non-hydrogen) atoms. The molecule has 0 atom stereocenters. The fourth-order valence-electron chi connectivity index (χ4n) is 3.10. The second kappa shape index (κ2) is 8.16. The summed E-state index contributed by atoms with van der Waals surface area (Å²) < 4.78 is 5.70. The summed E-state index contributed by atoms with van der Waals surface area (Å²) in [4.78, 5) is 14.0. The molecule has 152 valence electrons. The quantitative estimate of drug-likeness (QED) is 0.492. The van der Waals surface area contributed by atoms with E-state index >= 15 is 0 Å². The number of hydrogen-bond donors (Lipinski definition) is 1. The summed E-state index contributed by atoms with van der Waals surface area (Å²) in [7, 11) is 0. The molecule has 1 N–H and O–H groups in total. The van der Waals surface area contributed by atoms with Gasteiger partial charge in [0.1, 0.15) is 16.8 Å². The summed E-state index contributed by atoms with van der Waals surface area (Å²) >= 11 is 5.95. The molecule has 1 heterocycles. The Balaban J connectivity index is 1.51. The lowest BCUT2D eigenvalue weighted by atomic mass is 10.1. The Bertz CT molecular complexity index is 1230. The van der Waals surface area contributed by atoms with Gasteiger partial charge in [-0.05, 0) is 79.9 Å². The number of nitrogens with one attached hydrogen (secondary N) is 1. The highest BCUT2D eigenvalue weighted by Gasteiger charge is 2.12. The molecule has 0 saturated heterocycles. The average Bonchev–Trinajstić information content (AvgIpc) is 3.12. The summed E-state index contributed by atoms with van der Waals surface area (Å²) in [5.41, 5.74) is 5.96. The van der Waals surface area contributed by atoms with Crippen molar-refractivity contribution in [1.82, 2.24) is 15.0 Å². The predicted octanol–water partition coefficient (Wildman–Crippen LogP) is 5.02. The Hall–Kier alpha value is -3.38. The molecular formula is C23H21ClN4O2. The minimum absolute atomic E-state index is 0.0702. The SMILES string of the molecule is Cc1cc2nn(-c3ccc(Cl)cc3)nc2cc1NC(=O)COc1cccc(C)c1C. The summed E-state index contributed by atoms with van der Waals surface area (Å²) in [5, 5.41) is 12.6. The van der Waals surface area contributed by atoms with E-state index in [1.165, 1.54) is 0 Å². The van der Waals surface area contributed by atoms with Crippen molar-refractivity contribution in [3.05, 3.63) is 76.3 Å². The van der Waals surface area contributed by atoms with Gasteiger partial charge in [0.25, 0.3) is 5.91 Å². The van der Waals surface area contributed by atoms with E-state index in [1.807, 2.05) is 63.2 Å². The Morgan fingerprint density at radius 3 is 2.43 bits per heavy atom. The van der Waals surface area contributed by atoms with Crippen LogP contribution in [0.1, 0.15) is 16.7 Å². The zero-order valence-electron chi connectivity index (χ0n) is 16.9. The van der Waals surface area contributed by atoms with Crippen molar-refractivity contribution in [2.75, 3.05) is 11.9 Å². The summed E-state index contributed by atoms with van der Waals surface area (Å²) in [6.45, 7) is 5.84. The van der Waals surface area contributed by atoms with Gasteiger partial charge in [-0.1, -0.05) is 23.7 Å². The number of fused-ring (bicyclic) bond motifs is 1. The number of halogens is 1. The number of amides is 1. The minimum Gasteiger partial charge on any atom is -0.483 e. The number of aryl methyl sites for hydroxylation is 2. The Kier molecular flexibility index (Phi) is 5.42. The minimum atomic E-state index is -0.233. The van der Waals surface area contributed by atoms with Crippen LogP contribution in [0.15, 0.2) is 54.6 Å². The van der Waals surface area contributed by atoms with Crippen LogP contribution in [0, 0.1) is 20.8 Å². The molecule has 1 amide bonds. The van der Waals surface area contributed by atoms with Crippen molar-refractivity contribution < 1.29 is 9.53 Å². The van der Waals surface area contributed by atoms with E-state index in [-0.39, 0.29) is 12.5 Å². The number of rotatable bonds is 5. The Labute approximate surface area is 179 Å². The van der Waals surface area contributed by atoms with Gasteiger partial charge in [0.2, 0.25) is 0 Å². The molecule has 0 spiro atoms. The standard InChI is InChI=1S/C23H21ClN4O2/c1-14-5-4-6-22(16(14)3)30-13-23(29)25-19-12-21-20(11-15(19)2)26-28(27-21)18-9-7-17(24)8-10-18/h4-12H,13H2,1-3H3,(H,25,29). The fourth-order valence-corrected chi connectivity index (χ4v) is 3.23. The zero-order valence-corrected chi connectivity index (χ0v) is 17.7. The van der Waals surface area contributed by atoms with Crippen molar-refractivity contribution in [3.8, 4) is 11.4 Å². The molecule has 0 unspecified atom stereocenters. The van der Waals surface area contributed by atoms with E-state index in [4.69, 9.17) is 16.3 Å². The molecule has 7 heteroatoms. The van der Waals surface area contributed by atoms with E-state index in [2.05, 4.69) is 15.5 Å². The van der Waals surface area contributed by atoms with Gasteiger partial charge in [-0.2, -0.15) is 4.80 Å². The van der Waals surface area contributed by atoms with Gasteiger partial charge >= 0.3 is 0 Å². The maximum Gasteiger partial charge on any atom is 0.262 e. The molecule has 0 aliphatic carbocycles. The van der Waals surface area contributed by atoms with E-state index in [0.717, 1.165) is 27.9 Å². The third-order valence-corrected chi connectivity index (χ3v) is 5.22. The van der Waals surface area contributed by atoms with Crippen LogP contribution in [0.3, 0.4) is 0 Å². The van der Waals surface area contributed by atoms with E-state index in [9.17, 15) is 4.79 Å².